The van der Waals surface area contributed by atoms with Crippen LogP contribution >= 0.6 is 15.9 Å². The van der Waals surface area contributed by atoms with Crippen molar-refractivity contribution in [2.45, 2.75) is 13.3 Å². The first-order chi connectivity index (χ1) is 7.54. The highest BCUT2D eigenvalue weighted by molar-refractivity contribution is 9.10. The molecule has 0 saturated carbocycles. The monoisotopic (exact) mass is 293 g/mol. The molecule has 0 saturated heterocycles. The molecule has 3 nitrogen and oxygen atoms in total. The van der Waals surface area contributed by atoms with Gasteiger partial charge in [-0.15, -0.1) is 0 Å². The Morgan fingerprint density at radius 3 is 2.75 bits per heavy atom. The second-order valence-electron chi connectivity index (χ2n) is 3.44. The Balaban J connectivity index is 2.91. The smallest absolute Gasteiger partial charge is 0.255 e. The lowest BCUT2D eigenvalue weighted by Gasteiger charge is -2.23. The van der Waals surface area contributed by atoms with Crippen molar-refractivity contribution in [3.63, 3.8) is 0 Å². The molecule has 0 aromatic carbocycles. The molecule has 0 aliphatic heterocycles. The maximum absolute atomic E-state index is 12.4. The second-order valence-corrected chi connectivity index (χ2v) is 4.30. The average Bonchev–Trinajstić information content (AvgIpc) is 2.16. The van der Waals surface area contributed by atoms with Crippen LogP contribution < -0.4 is 10.6 Å². The van der Waals surface area contributed by atoms with E-state index in [-0.39, 0.29) is 6.54 Å². The van der Waals surface area contributed by atoms with E-state index in [1.165, 1.54) is 4.90 Å². The van der Waals surface area contributed by atoms with Crippen molar-refractivity contribution in [3.8, 4) is 0 Å². The highest BCUT2D eigenvalue weighted by Crippen LogP contribution is 2.24. The van der Waals surface area contributed by atoms with E-state index in [9.17, 15) is 8.78 Å². The van der Waals surface area contributed by atoms with Crippen LogP contribution in [0.2, 0.25) is 0 Å². The van der Waals surface area contributed by atoms with Gasteiger partial charge in [0, 0.05) is 19.3 Å². The summed E-state index contributed by atoms with van der Waals surface area (Å²) >= 11 is 3.32. The van der Waals surface area contributed by atoms with E-state index in [4.69, 9.17) is 5.73 Å². The largest absolute Gasteiger partial charge is 0.349 e. The zero-order chi connectivity index (χ0) is 12.1. The van der Waals surface area contributed by atoms with Gasteiger partial charge in [-0.2, -0.15) is 0 Å². The molecular weight excluding hydrogens is 280 g/mol. The fraction of sp³-hybridized carbons (Fsp3) is 0.500. The SMILES string of the molecule is Cc1cnc(N(CCN)CC(F)F)c(Br)c1. The van der Waals surface area contributed by atoms with Crippen LogP contribution in [0.15, 0.2) is 16.7 Å². The first-order valence-corrected chi connectivity index (χ1v) is 5.69. The number of nitrogens with two attached hydrogens (primary N) is 1. The minimum absolute atomic E-state index is 0.314. The van der Waals surface area contributed by atoms with Crippen molar-refractivity contribution < 1.29 is 8.78 Å². The summed E-state index contributed by atoms with van der Waals surface area (Å²) in [6.07, 6.45) is -0.753. The number of nitrogens with zero attached hydrogens (tertiary/aromatic N) is 2. The van der Waals surface area contributed by atoms with Crippen molar-refractivity contribution in [2.24, 2.45) is 5.73 Å². The van der Waals surface area contributed by atoms with Gasteiger partial charge in [0.25, 0.3) is 6.43 Å². The molecule has 1 rings (SSSR count). The molecule has 1 aromatic heterocycles. The Labute approximate surface area is 102 Å². The van der Waals surface area contributed by atoms with E-state index in [1.54, 1.807) is 6.20 Å². The summed E-state index contributed by atoms with van der Waals surface area (Å²) in [6.45, 7) is 2.21. The van der Waals surface area contributed by atoms with E-state index in [0.29, 0.717) is 23.4 Å². The summed E-state index contributed by atoms with van der Waals surface area (Å²) in [7, 11) is 0. The summed E-state index contributed by atoms with van der Waals surface area (Å²) in [5, 5.41) is 0. The van der Waals surface area contributed by atoms with Crippen LogP contribution in [0.1, 0.15) is 5.56 Å². The number of pyridine rings is 1. The lowest BCUT2D eigenvalue weighted by Crippen LogP contribution is -2.34. The molecule has 0 fully saturated rings. The van der Waals surface area contributed by atoms with Crippen LogP contribution in [0.25, 0.3) is 0 Å². The number of aryl methyl sites for hydroxylation is 1. The lowest BCUT2D eigenvalue weighted by atomic mass is 10.3. The fourth-order valence-electron chi connectivity index (χ4n) is 1.37. The number of hydrogen-bond acceptors (Lipinski definition) is 3. The van der Waals surface area contributed by atoms with E-state index < -0.39 is 6.43 Å². The molecule has 0 atom stereocenters. The van der Waals surface area contributed by atoms with Crippen LogP contribution in [0.3, 0.4) is 0 Å². The molecule has 0 unspecified atom stereocenters. The zero-order valence-corrected chi connectivity index (χ0v) is 10.5. The minimum Gasteiger partial charge on any atom is -0.349 e. The Bertz CT molecular complexity index is 347. The van der Waals surface area contributed by atoms with Gasteiger partial charge in [0.05, 0.1) is 11.0 Å². The van der Waals surface area contributed by atoms with Gasteiger partial charge in [-0.1, -0.05) is 0 Å². The first kappa shape index (κ1) is 13.3. The number of rotatable bonds is 5. The summed E-state index contributed by atoms with van der Waals surface area (Å²) in [5.74, 6) is 0.511. The van der Waals surface area contributed by atoms with Gasteiger partial charge in [0.15, 0.2) is 0 Å². The second kappa shape index (κ2) is 6.10. The third kappa shape index (κ3) is 3.68. The summed E-state index contributed by atoms with van der Waals surface area (Å²) in [6, 6.07) is 1.84. The topological polar surface area (TPSA) is 42.2 Å². The number of halogens is 3. The molecule has 0 spiro atoms. The molecule has 1 heterocycles. The number of aromatic nitrogens is 1. The fourth-order valence-corrected chi connectivity index (χ4v) is 2.08. The van der Waals surface area contributed by atoms with Gasteiger partial charge in [-0.3, -0.25) is 0 Å². The van der Waals surface area contributed by atoms with Gasteiger partial charge in [0.2, 0.25) is 0 Å². The van der Waals surface area contributed by atoms with E-state index in [0.717, 1.165) is 5.56 Å². The highest BCUT2D eigenvalue weighted by atomic mass is 79.9. The van der Waals surface area contributed by atoms with Gasteiger partial charge in [-0.25, -0.2) is 13.8 Å². The van der Waals surface area contributed by atoms with Crippen LogP contribution in [0.4, 0.5) is 14.6 Å². The van der Waals surface area contributed by atoms with Gasteiger partial charge < -0.3 is 10.6 Å². The quantitative estimate of drug-likeness (QED) is 0.905. The minimum atomic E-state index is -2.40. The molecule has 0 amide bonds. The van der Waals surface area contributed by atoms with Gasteiger partial charge in [-0.05, 0) is 34.5 Å². The number of hydrogen-bond donors (Lipinski definition) is 1. The Kier molecular flexibility index (Phi) is 5.08. The highest BCUT2D eigenvalue weighted by Gasteiger charge is 2.15. The van der Waals surface area contributed by atoms with Crippen LogP contribution in [0, 0.1) is 6.92 Å². The molecule has 16 heavy (non-hydrogen) atoms. The molecule has 0 aliphatic carbocycles. The van der Waals surface area contributed by atoms with Crippen LogP contribution in [0.5, 0.6) is 0 Å². The van der Waals surface area contributed by atoms with E-state index >= 15 is 0 Å². The number of alkyl halides is 2. The first-order valence-electron chi connectivity index (χ1n) is 4.90. The molecule has 0 bridgehead atoms. The maximum Gasteiger partial charge on any atom is 0.255 e. The molecule has 2 N–H and O–H groups in total. The van der Waals surface area contributed by atoms with Gasteiger partial charge in [0.1, 0.15) is 5.82 Å². The lowest BCUT2D eigenvalue weighted by molar-refractivity contribution is 0.154. The van der Waals surface area contributed by atoms with E-state index in [2.05, 4.69) is 20.9 Å². The molecule has 90 valence electrons. The third-order valence-corrected chi connectivity index (χ3v) is 2.60. The zero-order valence-electron chi connectivity index (χ0n) is 8.96. The maximum atomic E-state index is 12.4. The van der Waals surface area contributed by atoms with Crippen LogP contribution in [-0.4, -0.2) is 31.0 Å². The van der Waals surface area contributed by atoms with Crippen LogP contribution in [-0.2, 0) is 0 Å². The summed E-state index contributed by atoms with van der Waals surface area (Å²) in [5.41, 5.74) is 6.37. The van der Waals surface area contributed by atoms with Crippen molar-refractivity contribution in [1.82, 2.24) is 4.98 Å². The predicted molar refractivity (Wildman–Crippen MR) is 63.9 cm³/mol. The van der Waals surface area contributed by atoms with Crippen molar-refractivity contribution in [2.75, 3.05) is 24.5 Å². The Hall–Kier alpha value is -0.750. The number of anilines is 1. The van der Waals surface area contributed by atoms with E-state index in [1.807, 2.05) is 13.0 Å². The Morgan fingerprint density at radius 2 is 2.25 bits per heavy atom. The summed E-state index contributed by atoms with van der Waals surface area (Å²) < 4.78 is 25.5. The Morgan fingerprint density at radius 1 is 1.56 bits per heavy atom. The molecule has 6 heteroatoms. The van der Waals surface area contributed by atoms with Crippen molar-refractivity contribution in [3.05, 3.63) is 22.3 Å². The predicted octanol–water partition coefficient (Wildman–Crippen LogP) is 2.18. The van der Waals surface area contributed by atoms with Crippen molar-refractivity contribution >= 4 is 21.7 Å². The molecular formula is C10H14BrF2N3. The molecule has 0 aliphatic rings. The normalized spacial score (nSPS) is 10.9. The third-order valence-electron chi connectivity index (χ3n) is 2.02. The molecule has 1 aromatic rings. The standard InChI is InChI=1S/C10H14BrF2N3/c1-7-4-8(11)10(15-5-7)16(3-2-14)6-9(12)13/h4-5,9H,2-3,6,14H2,1H3. The average molecular weight is 294 g/mol. The van der Waals surface area contributed by atoms with Gasteiger partial charge >= 0.3 is 0 Å². The molecule has 0 radical (unpaired) electrons. The van der Waals surface area contributed by atoms with Crippen molar-refractivity contribution in [1.29, 1.82) is 0 Å². The summed E-state index contributed by atoms with van der Waals surface area (Å²) in [4.78, 5) is 5.62.